The molecule has 0 aromatic heterocycles. The number of benzene rings is 1. The van der Waals surface area contributed by atoms with E-state index in [1.54, 1.807) is 0 Å². The minimum atomic E-state index is -0.429. The minimum Gasteiger partial charge on any atom is -0.398 e. The lowest BCUT2D eigenvalue weighted by molar-refractivity contribution is 0.0954. The first-order valence-corrected chi connectivity index (χ1v) is 5.98. The largest absolute Gasteiger partial charge is 0.398 e. The molecule has 0 heterocycles. The summed E-state index contributed by atoms with van der Waals surface area (Å²) in [5, 5.41) is 2.78. The molecule has 0 spiro atoms. The molecule has 1 amide bonds. The van der Waals surface area contributed by atoms with E-state index >= 15 is 0 Å². The molecule has 0 aliphatic carbocycles. The number of amides is 1. The first-order valence-electron chi connectivity index (χ1n) is 5.98. The van der Waals surface area contributed by atoms with Crippen molar-refractivity contribution in [1.82, 2.24) is 5.32 Å². The highest BCUT2D eigenvalue weighted by atomic mass is 19.1. The van der Waals surface area contributed by atoms with Crippen LogP contribution in [0.25, 0.3) is 0 Å². The highest BCUT2D eigenvalue weighted by Crippen LogP contribution is 2.13. The molecule has 0 unspecified atom stereocenters. The number of nitrogens with one attached hydrogen (secondary N) is 1. The van der Waals surface area contributed by atoms with Crippen LogP contribution in [0.15, 0.2) is 18.2 Å². The van der Waals surface area contributed by atoms with Crippen LogP contribution in [0.5, 0.6) is 0 Å². The third-order valence-corrected chi connectivity index (χ3v) is 2.57. The lowest BCUT2D eigenvalue weighted by Crippen LogP contribution is -2.25. The van der Waals surface area contributed by atoms with Gasteiger partial charge in [-0.3, -0.25) is 4.79 Å². The van der Waals surface area contributed by atoms with Crippen molar-refractivity contribution in [2.24, 2.45) is 0 Å². The van der Waals surface area contributed by atoms with Gasteiger partial charge >= 0.3 is 0 Å². The molecule has 0 aliphatic rings. The molecule has 3 nitrogen and oxygen atoms in total. The zero-order valence-electron chi connectivity index (χ0n) is 10.1. The van der Waals surface area contributed by atoms with Crippen LogP contribution in [0, 0.1) is 5.82 Å². The molecular formula is C13H19FN2O. The maximum atomic E-state index is 12.8. The fraction of sp³-hybridized carbons (Fsp3) is 0.462. The third kappa shape index (κ3) is 4.43. The molecular weight excluding hydrogens is 219 g/mol. The Hall–Kier alpha value is -1.58. The number of nitrogen functional groups attached to an aromatic ring is 1. The van der Waals surface area contributed by atoms with Gasteiger partial charge in [-0.15, -0.1) is 0 Å². The minimum absolute atomic E-state index is 0.177. The maximum Gasteiger partial charge on any atom is 0.253 e. The molecule has 0 atom stereocenters. The summed E-state index contributed by atoms with van der Waals surface area (Å²) in [6.07, 6.45) is 4.41. The van der Waals surface area contributed by atoms with Crippen molar-refractivity contribution < 1.29 is 9.18 Å². The summed E-state index contributed by atoms with van der Waals surface area (Å²) < 4.78 is 12.8. The van der Waals surface area contributed by atoms with Crippen LogP contribution in [0.3, 0.4) is 0 Å². The molecule has 1 aromatic carbocycles. The Morgan fingerprint density at radius 1 is 1.35 bits per heavy atom. The fourth-order valence-electron chi connectivity index (χ4n) is 1.59. The maximum absolute atomic E-state index is 12.8. The summed E-state index contributed by atoms with van der Waals surface area (Å²) in [5.41, 5.74) is 6.09. The summed E-state index contributed by atoms with van der Waals surface area (Å²) in [6.45, 7) is 2.77. The van der Waals surface area contributed by atoms with E-state index in [0.717, 1.165) is 18.9 Å². The van der Waals surface area contributed by atoms with E-state index in [2.05, 4.69) is 12.2 Å². The fourth-order valence-corrected chi connectivity index (χ4v) is 1.59. The van der Waals surface area contributed by atoms with Gasteiger partial charge in [0.15, 0.2) is 0 Å². The molecule has 1 aromatic rings. The number of rotatable bonds is 6. The highest BCUT2D eigenvalue weighted by Gasteiger charge is 2.09. The van der Waals surface area contributed by atoms with Gasteiger partial charge in [0.25, 0.3) is 5.91 Å². The number of carbonyl (C=O) groups is 1. The Bertz CT molecular complexity index is 380. The van der Waals surface area contributed by atoms with Crippen LogP contribution in [-0.2, 0) is 0 Å². The van der Waals surface area contributed by atoms with Crippen LogP contribution in [-0.4, -0.2) is 12.5 Å². The summed E-state index contributed by atoms with van der Waals surface area (Å²) in [4.78, 5) is 11.7. The van der Waals surface area contributed by atoms with Gasteiger partial charge in [0.05, 0.1) is 5.56 Å². The van der Waals surface area contributed by atoms with E-state index in [0.29, 0.717) is 12.1 Å². The van der Waals surface area contributed by atoms with Gasteiger partial charge < -0.3 is 11.1 Å². The Kier molecular flexibility index (Phi) is 5.46. The summed E-state index contributed by atoms with van der Waals surface area (Å²) >= 11 is 0. The number of unbranched alkanes of at least 4 members (excludes halogenated alkanes) is 3. The van der Waals surface area contributed by atoms with Crippen molar-refractivity contribution in [2.75, 3.05) is 12.3 Å². The van der Waals surface area contributed by atoms with Crippen molar-refractivity contribution >= 4 is 11.6 Å². The van der Waals surface area contributed by atoms with Crippen LogP contribution in [0.2, 0.25) is 0 Å². The molecule has 1 rings (SSSR count). The number of carbonyl (C=O) groups excluding carboxylic acids is 1. The predicted octanol–water partition coefficient (Wildman–Crippen LogP) is 2.72. The van der Waals surface area contributed by atoms with E-state index in [-0.39, 0.29) is 11.6 Å². The molecule has 17 heavy (non-hydrogen) atoms. The topological polar surface area (TPSA) is 55.1 Å². The van der Waals surface area contributed by atoms with E-state index in [1.807, 2.05) is 0 Å². The first-order chi connectivity index (χ1) is 8.15. The summed E-state index contributed by atoms with van der Waals surface area (Å²) in [7, 11) is 0. The SMILES string of the molecule is CCCCCCNC(=O)c1ccc(F)cc1N. The van der Waals surface area contributed by atoms with Gasteiger partial charge in [-0.2, -0.15) is 0 Å². The van der Waals surface area contributed by atoms with Gasteiger partial charge in [0.1, 0.15) is 5.82 Å². The number of anilines is 1. The second-order valence-corrected chi connectivity index (χ2v) is 4.05. The van der Waals surface area contributed by atoms with Crippen molar-refractivity contribution in [3.8, 4) is 0 Å². The molecule has 4 heteroatoms. The third-order valence-electron chi connectivity index (χ3n) is 2.57. The Labute approximate surface area is 101 Å². The van der Waals surface area contributed by atoms with Crippen molar-refractivity contribution in [3.63, 3.8) is 0 Å². The zero-order chi connectivity index (χ0) is 12.7. The van der Waals surface area contributed by atoms with E-state index in [9.17, 15) is 9.18 Å². The smallest absolute Gasteiger partial charge is 0.253 e. The lowest BCUT2D eigenvalue weighted by Gasteiger charge is -2.07. The molecule has 0 saturated carbocycles. The van der Waals surface area contributed by atoms with Gasteiger partial charge in [-0.25, -0.2) is 4.39 Å². The van der Waals surface area contributed by atoms with Crippen LogP contribution in [0.4, 0.5) is 10.1 Å². The van der Waals surface area contributed by atoms with Crippen molar-refractivity contribution in [2.45, 2.75) is 32.6 Å². The van der Waals surface area contributed by atoms with Crippen molar-refractivity contribution in [3.05, 3.63) is 29.6 Å². The Morgan fingerprint density at radius 3 is 2.76 bits per heavy atom. The van der Waals surface area contributed by atoms with Gasteiger partial charge in [-0.05, 0) is 24.6 Å². The predicted molar refractivity (Wildman–Crippen MR) is 67.3 cm³/mol. The molecule has 0 bridgehead atoms. The molecule has 0 saturated heterocycles. The van der Waals surface area contributed by atoms with E-state index < -0.39 is 5.82 Å². The van der Waals surface area contributed by atoms with Crippen LogP contribution >= 0.6 is 0 Å². The van der Waals surface area contributed by atoms with Crippen molar-refractivity contribution in [1.29, 1.82) is 0 Å². The molecule has 94 valence electrons. The van der Waals surface area contributed by atoms with E-state index in [4.69, 9.17) is 5.73 Å². The second kappa shape index (κ2) is 6.89. The average Bonchev–Trinajstić information content (AvgIpc) is 2.28. The Balaban J connectivity index is 2.42. The summed E-state index contributed by atoms with van der Waals surface area (Å²) in [6, 6.07) is 3.81. The quantitative estimate of drug-likeness (QED) is 0.591. The molecule has 0 aliphatic heterocycles. The van der Waals surface area contributed by atoms with E-state index in [1.165, 1.54) is 25.0 Å². The number of nitrogens with two attached hydrogens (primary N) is 1. The zero-order valence-corrected chi connectivity index (χ0v) is 10.1. The lowest BCUT2D eigenvalue weighted by atomic mass is 10.1. The normalized spacial score (nSPS) is 10.2. The van der Waals surface area contributed by atoms with Gasteiger partial charge in [0.2, 0.25) is 0 Å². The highest BCUT2D eigenvalue weighted by molar-refractivity contribution is 5.99. The average molecular weight is 238 g/mol. The van der Waals surface area contributed by atoms with Crippen LogP contribution in [0.1, 0.15) is 43.0 Å². The molecule has 0 fully saturated rings. The monoisotopic (exact) mass is 238 g/mol. The van der Waals surface area contributed by atoms with Gasteiger partial charge in [0, 0.05) is 12.2 Å². The molecule has 3 N–H and O–H groups in total. The number of hydrogen-bond acceptors (Lipinski definition) is 2. The first kappa shape index (κ1) is 13.5. The Morgan fingerprint density at radius 2 is 2.12 bits per heavy atom. The van der Waals surface area contributed by atoms with Gasteiger partial charge in [-0.1, -0.05) is 26.2 Å². The molecule has 0 radical (unpaired) electrons. The standard InChI is InChI=1S/C13H19FN2O/c1-2-3-4-5-8-16-13(17)11-7-6-10(14)9-12(11)15/h6-7,9H,2-5,8,15H2,1H3,(H,16,17). The number of hydrogen-bond donors (Lipinski definition) is 2. The second-order valence-electron chi connectivity index (χ2n) is 4.05. The van der Waals surface area contributed by atoms with Crippen LogP contribution < -0.4 is 11.1 Å². The summed E-state index contributed by atoms with van der Waals surface area (Å²) in [5.74, 6) is -0.666. The number of halogens is 1.